The Labute approximate surface area is 238 Å². The molecule has 1 unspecified atom stereocenters. The van der Waals surface area contributed by atoms with Crippen molar-refractivity contribution in [2.75, 3.05) is 12.3 Å². The smallest absolute Gasteiger partial charge is 0.459 e. The van der Waals surface area contributed by atoms with Crippen LogP contribution in [0.1, 0.15) is 18.7 Å². The Balaban J connectivity index is 1.55. The van der Waals surface area contributed by atoms with Gasteiger partial charge in [-0.25, -0.2) is 18.1 Å². The number of ether oxygens (including phenoxy) is 2. The van der Waals surface area contributed by atoms with Gasteiger partial charge in [0.05, 0.1) is 6.61 Å². The molecule has 2 heterocycles. The molecule has 42 heavy (non-hydrogen) atoms. The zero-order chi connectivity index (χ0) is 30.5. The van der Waals surface area contributed by atoms with Gasteiger partial charge in [0, 0.05) is 6.20 Å². The summed E-state index contributed by atoms with van der Waals surface area (Å²) in [5.74, 6) is -1.03. The number of nitrogens with two attached hydrogens (primary N) is 1. The largest absolute Gasteiger partial charge is 0.460 e. The number of anilines is 1. The molecular formula is C26H29F2N4O9P. The number of nitrogens with zero attached hydrogens (tertiary/aromatic N) is 2. The molecule has 6 atom stereocenters. The van der Waals surface area contributed by atoms with Gasteiger partial charge in [-0.05, 0) is 30.7 Å². The topological polar surface area (TPSA) is 184 Å². The van der Waals surface area contributed by atoms with E-state index in [4.69, 9.17) is 24.3 Å². The SMILES string of the molecule is C[C@H](NP(=O)(OC[C@@]1(C(F)F)O[C@@H](n2ccc(N)nc2=O)[C@H](O)[C@@H]1O)Oc1ccccc1)C(=O)OCc1ccccc1. The van der Waals surface area contributed by atoms with Crippen molar-refractivity contribution in [1.82, 2.24) is 14.6 Å². The van der Waals surface area contributed by atoms with Crippen LogP contribution in [0.4, 0.5) is 14.6 Å². The van der Waals surface area contributed by atoms with E-state index in [1.54, 1.807) is 48.5 Å². The molecule has 1 aromatic heterocycles. The van der Waals surface area contributed by atoms with Gasteiger partial charge in [-0.1, -0.05) is 48.5 Å². The first-order valence-electron chi connectivity index (χ1n) is 12.6. The molecule has 0 spiro atoms. The molecule has 16 heteroatoms. The lowest BCUT2D eigenvalue weighted by Gasteiger charge is -2.32. The predicted octanol–water partition coefficient (Wildman–Crippen LogP) is 2.01. The monoisotopic (exact) mass is 610 g/mol. The number of aliphatic hydroxyl groups is 2. The first-order chi connectivity index (χ1) is 19.9. The molecule has 2 aromatic carbocycles. The first kappa shape index (κ1) is 31.2. The van der Waals surface area contributed by atoms with Crippen LogP contribution in [0, 0.1) is 0 Å². The van der Waals surface area contributed by atoms with Gasteiger partial charge in [0.15, 0.2) is 11.8 Å². The van der Waals surface area contributed by atoms with E-state index >= 15 is 0 Å². The molecule has 1 fully saturated rings. The molecule has 226 valence electrons. The van der Waals surface area contributed by atoms with Crippen LogP contribution in [0.15, 0.2) is 77.7 Å². The maximum absolute atomic E-state index is 14.5. The molecule has 0 amide bonds. The van der Waals surface area contributed by atoms with Crippen molar-refractivity contribution in [3.63, 3.8) is 0 Å². The third kappa shape index (κ3) is 7.01. The average Bonchev–Trinajstić information content (AvgIpc) is 3.22. The number of hydrogen-bond donors (Lipinski definition) is 4. The lowest BCUT2D eigenvalue weighted by Crippen LogP contribution is -2.53. The van der Waals surface area contributed by atoms with E-state index in [1.807, 2.05) is 0 Å². The van der Waals surface area contributed by atoms with Crippen LogP contribution in [0.3, 0.4) is 0 Å². The number of halogens is 2. The Hall–Kier alpha value is -3.72. The maximum Gasteiger partial charge on any atom is 0.459 e. The molecule has 0 saturated carbocycles. The van der Waals surface area contributed by atoms with Gasteiger partial charge in [-0.15, -0.1) is 0 Å². The number of nitrogen functional groups attached to an aromatic ring is 1. The molecule has 4 rings (SSSR count). The number of esters is 1. The number of benzene rings is 2. The molecule has 13 nitrogen and oxygen atoms in total. The van der Waals surface area contributed by atoms with E-state index in [0.717, 1.165) is 12.3 Å². The number of aromatic nitrogens is 2. The van der Waals surface area contributed by atoms with Crippen LogP contribution in [0.25, 0.3) is 0 Å². The Morgan fingerprint density at radius 3 is 2.43 bits per heavy atom. The fourth-order valence-electron chi connectivity index (χ4n) is 4.05. The quantitative estimate of drug-likeness (QED) is 0.173. The number of para-hydroxylation sites is 1. The number of aliphatic hydroxyl groups excluding tert-OH is 2. The second kappa shape index (κ2) is 13.1. The first-order valence-corrected chi connectivity index (χ1v) is 14.1. The Morgan fingerprint density at radius 1 is 1.17 bits per heavy atom. The molecule has 1 saturated heterocycles. The number of nitrogens with one attached hydrogen (secondary N) is 1. The Bertz CT molecular complexity index is 1470. The summed E-state index contributed by atoms with van der Waals surface area (Å²) in [5.41, 5.74) is 2.12. The molecule has 0 radical (unpaired) electrons. The summed E-state index contributed by atoms with van der Waals surface area (Å²) in [5, 5.41) is 23.6. The molecule has 1 aliphatic heterocycles. The second-order valence-corrected chi connectivity index (χ2v) is 11.1. The fourth-order valence-corrected chi connectivity index (χ4v) is 5.58. The van der Waals surface area contributed by atoms with Crippen LogP contribution >= 0.6 is 7.75 Å². The molecule has 0 aliphatic carbocycles. The molecule has 5 N–H and O–H groups in total. The van der Waals surface area contributed by atoms with Gasteiger partial charge in [-0.2, -0.15) is 10.1 Å². The summed E-state index contributed by atoms with van der Waals surface area (Å²) in [6.45, 7) is -0.106. The fraction of sp³-hybridized carbons (Fsp3) is 0.346. The second-order valence-electron chi connectivity index (χ2n) is 9.36. The summed E-state index contributed by atoms with van der Waals surface area (Å²) in [6, 6.07) is 16.1. The number of hydrogen-bond acceptors (Lipinski definition) is 11. The lowest BCUT2D eigenvalue weighted by atomic mass is 9.96. The normalized spacial score (nSPS) is 24.2. The molecule has 0 bridgehead atoms. The predicted molar refractivity (Wildman–Crippen MR) is 143 cm³/mol. The van der Waals surface area contributed by atoms with Crippen molar-refractivity contribution in [3.8, 4) is 5.75 Å². The van der Waals surface area contributed by atoms with Crippen LogP contribution in [-0.2, 0) is 30.0 Å². The molecule has 3 aromatic rings. The number of alkyl halides is 2. The number of rotatable bonds is 12. The van der Waals surface area contributed by atoms with Crippen molar-refractivity contribution in [3.05, 3.63) is 89.0 Å². The van der Waals surface area contributed by atoms with Gasteiger partial charge < -0.3 is 29.9 Å². The minimum absolute atomic E-state index is 0.00501. The average molecular weight is 611 g/mol. The van der Waals surface area contributed by atoms with E-state index in [2.05, 4.69) is 10.1 Å². The van der Waals surface area contributed by atoms with Crippen LogP contribution in [-0.4, -0.2) is 62.6 Å². The van der Waals surface area contributed by atoms with Crippen LogP contribution in [0.2, 0.25) is 0 Å². The maximum atomic E-state index is 14.5. The van der Waals surface area contributed by atoms with E-state index in [9.17, 15) is 33.1 Å². The van der Waals surface area contributed by atoms with Gasteiger partial charge >= 0.3 is 19.4 Å². The van der Waals surface area contributed by atoms with Crippen molar-refractivity contribution < 1.29 is 46.9 Å². The van der Waals surface area contributed by atoms with E-state index in [-0.39, 0.29) is 18.2 Å². The van der Waals surface area contributed by atoms with Crippen LogP contribution < -0.4 is 21.0 Å². The van der Waals surface area contributed by atoms with E-state index in [1.165, 1.54) is 19.1 Å². The minimum atomic E-state index is -4.69. The van der Waals surface area contributed by atoms with Crippen molar-refractivity contribution >= 4 is 19.5 Å². The van der Waals surface area contributed by atoms with E-state index < -0.39 is 62.5 Å². The van der Waals surface area contributed by atoms with Crippen molar-refractivity contribution in [2.24, 2.45) is 0 Å². The van der Waals surface area contributed by atoms with E-state index in [0.29, 0.717) is 10.1 Å². The zero-order valence-electron chi connectivity index (χ0n) is 22.2. The highest BCUT2D eigenvalue weighted by Gasteiger charge is 2.61. The summed E-state index contributed by atoms with van der Waals surface area (Å²) >= 11 is 0. The molecular weight excluding hydrogens is 581 g/mol. The highest BCUT2D eigenvalue weighted by molar-refractivity contribution is 7.52. The van der Waals surface area contributed by atoms with Gasteiger partial charge in [0.1, 0.15) is 36.4 Å². The van der Waals surface area contributed by atoms with Crippen LogP contribution in [0.5, 0.6) is 5.75 Å². The number of carbonyl (C=O) groups excluding carboxylic acids is 1. The van der Waals surface area contributed by atoms with Gasteiger partial charge in [0.2, 0.25) is 0 Å². The highest BCUT2D eigenvalue weighted by Crippen LogP contribution is 2.49. The number of carbonyl (C=O) groups is 1. The third-order valence-corrected chi connectivity index (χ3v) is 7.93. The molecule has 1 aliphatic rings. The third-order valence-electron chi connectivity index (χ3n) is 6.31. The lowest BCUT2D eigenvalue weighted by molar-refractivity contribution is -0.192. The Kier molecular flexibility index (Phi) is 9.71. The summed E-state index contributed by atoms with van der Waals surface area (Å²) in [4.78, 5) is 28.4. The van der Waals surface area contributed by atoms with Crippen molar-refractivity contribution in [2.45, 2.75) is 50.0 Å². The van der Waals surface area contributed by atoms with Gasteiger partial charge in [-0.3, -0.25) is 13.9 Å². The van der Waals surface area contributed by atoms with Gasteiger partial charge in [0.25, 0.3) is 6.43 Å². The van der Waals surface area contributed by atoms with Crippen molar-refractivity contribution in [1.29, 1.82) is 0 Å². The summed E-state index contributed by atoms with van der Waals surface area (Å²) < 4.78 is 64.9. The standard InChI is InChI=1S/C26H29F2N4O9P/c1-16(23(35)38-14-17-8-4-2-5-9-17)31-42(37,41-18-10-6-3-7-11-18)39-15-26(24(27)28)21(34)20(33)22(40-26)32-13-12-19(29)30-25(32)36/h2-13,16,20-22,24,33-34H,14-15H2,1H3,(H,31,37)(H2,29,30,36)/t16-,20+,21-,22+,26+,42?/m0/s1. The Morgan fingerprint density at radius 2 is 1.81 bits per heavy atom. The highest BCUT2D eigenvalue weighted by atomic mass is 31.2. The summed E-state index contributed by atoms with van der Waals surface area (Å²) in [6.07, 6.45) is -8.69. The summed E-state index contributed by atoms with van der Waals surface area (Å²) in [7, 11) is -4.69. The minimum Gasteiger partial charge on any atom is -0.460 e. The zero-order valence-corrected chi connectivity index (χ0v) is 23.1.